The molecule has 0 saturated heterocycles. The lowest BCUT2D eigenvalue weighted by molar-refractivity contribution is 0.102. The lowest BCUT2D eigenvalue weighted by Gasteiger charge is -2.18. The van der Waals surface area contributed by atoms with Gasteiger partial charge < -0.3 is 0 Å². The Morgan fingerprint density at radius 2 is 1.90 bits per heavy atom. The first kappa shape index (κ1) is 17.9. The van der Waals surface area contributed by atoms with Crippen LogP contribution in [0.15, 0.2) is 24.8 Å². The number of rotatable bonds is 7. The van der Waals surface area contributed by atoms with E-state index in [9.17, 15) is 4.79 Å². The molecule has 21 heavy (non-hydrogen) atoms. The number of ketones is 1. The highest BCUT2D eigenvalue weighted by Crippen LogP contribution is 2.39. The second-order valence-corrected chi connectivity index (χ2v) is 7.56. The third kappa shape index (κ3) is 4.67. The van der Waals surface area contributed by atoms with Gasteiger partial charge in [-0.3, -0.25) is 4.79 Å². The van der Waals surface area contributed by atoms with Crippen LogP contribution in [0.25, 0.3) is 5.57 Å². The standard InChI is InChI=1S/C19H28OS/c1-8-9-16(10-12(2)3)19-17(14(6)13(4)5)11-18(21-19)15(7)20/h8-9,11-14H,1,10H2,2-7H3/b16-9+. The Kier molecular flexibility index (Phi) is 6.60. The maximum atomic E-state index is 11.8. The first-order valence-electron chi connectivity index (χ1n) is 7.74. The summed E-state index contributed by atoms with van der Waals surface area (Å²) in [4.78, 5) is 13.9. The molecule has 0 radical (unpaired) electrons. The molecule has 0 spiro atoms. The van der Waals surface area contributed by atoms with Crippen molar-refractivity contribution in [1.29, 1.82) is 0 Å². The fraction of sp³-hybridized carbons (Fsp3) is 0.526. The average molecular weight is 304 g/mol. The maximum absolute atomic E-state index is 11.8. The highest BCUT2D eigenvalue weighted by Gasteiger charge is 2.21. The molecule has 1 nitrogen and oxygen atoms in total. The summed E-state index contributed by atoms with van der Waals surface area (Å²) in [6, 6.07) is 2.10. The van der Waals surface area contributed by atoms with Gasteiger partial charge in [-0.15, -0.1) is 11.3 Å². The quantitative estimate of drug-likeness (QED) is 0.425. The molecule has 0 aliphatic carbocycles. The van der Waals surface area contributed by atoms with Gasteiger partial charge in [-0.25, -0.2) is 0 Å². The fourth-order valence-corrected chi connectivity index (χ4v) is 3.54. The predicted octanol–water partition coefficient (Wildman–Crippen LogP) is 6.33. The van der Waals surface area contributed by atoms with Crippen LogP contribution in [-0.2, 0) is 0 Å². The van der Waals surface area contributed by atoms with E-state index in [1.807, 2.05) is 6.08 Å². The molecule has 0 amide bonds. The molecule has 0 saturated carbocycles. The van der Waals surface area contributed by atoms with Gasteiger partial charge in [0, 0.05) is 4.88 Å². The number of carbonyl (C=O) groups excluding carboxylic acids is 1. The molecule has 0 aliphatic rings. The Balaban J connectivity index is 3.39. The molecule has 0 aromatic carbocycles. The lowest BCUT2D eigenvalue weighted by Crippen LogP contribution is -2.04. The minimum absolute atomic E-state index is 0.158. The molecule has 1 rings (SSSR count). The van der Waals surface area contributed by atoms with Gasteiger partial charge in [0.25, 0.3) is 0 Å². The molecule has 2 heteroatoms. The topological polar surface area (TPSA) is 17.1 Å². The number of allylic oxidation sites excluding steroid dienone is 3. The molecule has 0 bridgehead atoms. The van der Waals surface area contributed by atoms with E-state index in [4.69, 9.17) is 0 Å². The van der Waals surface area contributed by atoms with Crippen molar-refractivity contribution in [2.45, 2.75) is 53.9 Å². The zero-order chi connectivity index (χ0) is 16.2. The van der Waals surface area contributed by atoms with Crippen molar-refractivity contribution in [3.05, 3.63) is 40.1 Å². The Morgan fingerprint density at radius 3 is 2.33 bits per heavy atom. The molecule has 1 atom stereocenters. The minimum atomic E-state index is 0.158. The average Bonchev–Trinajstić information content (AvgIpc) is 2.81. The van der Waals surface area contributed by atoms with Gasteiger partial charge in [-0.05, 0) is 48.3 Å². The van der Waals surface area contributed by atoms with E-state index < -0.39 is 0 Å². The highest BCUT2D eigenvalue weighted by atomic mass is 32.1. The van der Waals surface area contributed by atoms with Crippen molar-refractivity contribution >= 4 is 22.7 Å². The number of carbonyl (C=O) groups is 1. The monoisotopic (exact) mass is 304 g/mol. The molecule has 0 N–H and O–H groups in total. The summed E-state index contributed by atoms with van der Waals surface area (Å²) in [6.07, 6.45) is 4.97. The third-order valence-electron chi connectivity index (χ3n) is 3.84. The van der Waals surface area contributed by atoms with Crippen LogP contribution < -0.4 is 0 Å². The fourth-order valence-electron chi connectivity index (χ4n) is 2.35. The summed E-state index contributed by atoms with van der Waals surface area (Å²) in [5, 5.41) is 0. The molecule has 1 aromatic heterocycles. The molecule has 1 unspecified atom stereocenters. The molecule has 1 heterocycles. The van der Waals surface area contributed by atoms with Gasteiger partial charge in [-0.2, -0.15) is 0 Å². The SMILES string of the molecule is C=C/C=C(\CC(C)C)c1sc(C(C)=O)cc1C(C)C(C)C. The van der Waals surface area contributed by atoms with Crippen LogP contribution in [0.4, 0.5) is 0 Å². The van der Waals surface area contributed by atoms with Gasteiger partial charge in [0.15, 0.2) is 5.78 Å². The summed E-state index contributed by atoms with van der Waals surface area (Å²) in [6.45, 7) is 16.7. The van der Waals surface area contributed by atoms with Gasteiger partial charge in [0.05, 0.1) is 4.88 Å². The Labute approximate surface area is 133 Å². The lowest BCUT2D eigenvalue weighted by atomic mass is 9.87. The number of thiophene rings is 1. The summed E-state index contributed by atoms with van der Waals surface area (Å²) in [5.41, 5.74) is 2.62. The normalized spacial score (nSPS) is 13.8. The minimum Gasteiger partial charge on any atom is -0.294 e. The molecular weight excluding hydrogens is 276 g/mol. The Hall–Kier alpha value is -1.15. The van der Waals surface area contributed by atoms with E-state index >= 15 is 0 Å². The van der Waals surface area contributed by atoms with Crippen LogP contribution in [0.1, 0.15) is 74.0 Å². The second kappa shape index (κ2) is 7.74. The van der Waals surface area contributed by atoms with Crippen LogP contribution in [0.3, 0.4) is 0 Å². The first-order chi connectivity index (χ1) is 9.77. The van der Waals surface area contributed by atoms with Gasteiger partial charge >= 0.3 is 0 Å². The van der Waals surface area contributed by atoms with Crippen LogP contribution in [-0.4, -0.2) is 5.78 Å². The second-order valence-electron chi connectivity index (χ2n) is 6.51. The highest BCUT2D eigenvalue weighted by molar-refractivity contribution is 7.15. The zero-order valence-corrected chi connectivity index (χ0v) is 15.0. The Bertz CT molecular complexity index is 532. The molecule has 116 valence electrons. The molecule has 1 aromatic rings. The van der Waals surface area contributed by atoms with Crippen molar-refractivity contribution in [1.82, 2.24) is 0 Å². The number of hydrogen-bond donors (Lipinski definition) is 0. The van der Waals surface area contributed by atoms with E-state index in [2.05, 4.69) is 53.3 Å². The van der Waals surface area contributed by atoms with Crippen LogP contribution in [0.2, 0.25) is 0 Å². The zero-order valence-electron chi connectivity index (χ0n) is 14.2. The number of Topliss-reactive ketones (excluding diaryl/α,β-unsaturated/α-hetero) is 1. The van der Waals surface area contributed by atoms with Gasteiger partial charge in [0.2, 0.25) is 0 Å². The summed E-state index contributed by atoms with van der Waals surface area (Å²) in [5.74, 6) is 1.75. The largest absolute Gasteiger partial charge is 0.294 e. The Morgan fingerprint density at radius 1 is 1.29 bits per heavy atom. The summed E-state index contributed by atoms with van der Waals surface area (Å²) in [7, 11) is 0. The van der Waals surface area contributed by atoms with Gasteiger partial charge in [0.1, 0.15) is 0 Å². The van der Waals surface area contributed by atoms with E-state index in [0.29, 0.717) is 17.8 Å². The van der Waals surface area contributed by atoms with Crippen molar-refractivity contribution in [2.24, 2.45) is 11.8 Å². The molecule has 0 fully saturated rings. The van der Waals surface area contributed by atoms with E-state index in [1.165, 1.54) is 16.0 Å². The van der Waals surface area contributed by atoms with Crippen molar-refractivity contribution in [3.8, 4) is 0 Å². The molecule has 0 aliphatic heterocycles. The number of hydrogen-bond acceptors (Lipinski definition) is 2. The summed E-state index contributed by atoms with van der Waals surface area (Å²) < 4.78 is 0. The smallest absolute Gasteiger partial charge is 0.169 e. The van der Waals surface area contributed by atoms with Crippen molar-refractivity contribution < 1.29 is 4.79 Å². The summed E-state index contributed by atoms with van der Waals surface area (Å²) >= 11 is 1.64. The van der Waals surface area contributed by atoms with Crippen molar-refractivity contribution in [3.63, 3.8) is 0 Å². The molecular formula is C19H28OS. The van der Waals surface area contributed by atoms with Crippen LogP contribution in [0, 0.1) is 11.8 Å². The van der Waals surface area contributed by atoms with Crippen molar-refractivity contribution in [2.75, 3.05) is 0 Å². The third-order valence-corrected chi connectivity index (χ3v) is 5.16. The predicted molar refractivity (Wildman–Crippen MR) is 95.2 cm³/mol. The maximum Gasteiger partial charge on any atom is 0.169 e. The van der Waals surface area contributed by atoms with E-state index in [0.717, 1.165) is 11.3 Å². The first-order valence-corrected chi connectivity index (χ1v) is 8.56. The van der Waals surface area contributed by atoms with E-state index in [1.54, 1.807) is 18.3 Å². The van der Waals surface area contributed by atoms with Gasteiger partial charge in [-0.1, -0.05) is 53.3 Å². The van der Waals surface area contributed by atoms with E-state index in [-0.39, 0.29) is 5.78 Å². The van der Waals surface area contributed by atoms with Crippen LogP contribution in [0.5, 0.6) is 0 Å². The van der Waals surface area contributed by atoms with Crippen LogP contribution >= 0.6 is 11.3 Å².